The molecule has 1 heterocycles. The van der Waals surface area contributed by atoms with Crippen molar-refractivity contribution in [1.29, 1.82) is 0 Å². The van der Waals surface area contributed by atoms with Crippen LogP contribution in [0.4, 0.5) is 5.69 Å². The van der Waals surface area contributed by atoms with E-state index in [1.165, 1.54) is 7.11 Å². The number of carboxylic acids is 4. The van der Waals surface area contributed by atoms with E-state index < -0.39 is 29.9 Å². The van der Waals surface area contributed by atoms with Crippen molar-refractivity contribution in [2.45, 2.75) is 32.4 Å². The maximum absolute atomic E-state index is 12.8. The minimum Gasteiger partial charge on any atom is -0.496 e. The van der Waals surface area contributed by atoms with Gasteiger partial charge in [-0.1, -0.05) is 0 Å². The van der Waals surface area contributed by atoms with Gasteiger partial charge in [-0.2, -0.15) is 0 Å². The number of ether oxygens (including phenoxy) is 1. The zero-order chi connectivity index (χ0) is 30.7. The van der Waals surface area contributed by atoms with Crippen molar-refractivity contribution in [2.75, 3.05) is 84.4 Å². The molecule has 1 aliphatic rings. The van der Waals surface area contributed by atoms with Crippen LogP contribution in [-0.4, -0.2) is 149 Å². The van der Waals surface area contributed by atoms with Crippen LogP contribution in [0.2, 0.25) is 0 Å². The molecule has 0 saturated carbocycles. The fraction of sp³-hybridized carbons (Fsp3) is 0.630. The lowest BCUT2D eigenvalue weighted by atomic mass is 10.0. The van der Waals surface area contributed by atoms with Gasteiger partial charge in [0.2, 0.25) is 0 Å². The first-order valence-electron chi connectivity index (χ1n) is 13.4. The number of anilines is 1. The van der Waals surface area contributed by atoms with E-state index in [0.717, 1.165) is 0 Å². The largest absolute Gasteiger partial charge is 0.496 e. The van der Waals surface area contributed by atoms with Gasteiger partial charge in [0.1, 0.15) is 11.8 Å². The van der Waals surface area contributed by atoms with Gasteiger partial charge in [0.25, 0.3) is 0 Å². The molecular formula is C27H43N5O9. The van der Waals surface area contributed by atoms with E-state index in [9.17, 15) is 39.6 Å². The second kappa shape index (κ2) is 15.5. The predicted octanol–water partition coefficient (Wildman–Crippen LogP) is 0.507. The van der Waals surface area contributed by atoms with Gasteiger partial charge in [0.05, 0.1) is 26.7 Å². The van der Waals surface area contributed by atoms with Crippen molar-refractivity contribution >= 4 is 29.6 Å². The van der Waals surface area contributed by atoms with E-state index in [4.69, 9.17) is 4.74 Å². The quantitative estimate of drug-likeness (QED) is 0.243. The molecule has 1 fully saturated rings. The number of carbonyl (C=O) groups is 4. The van der Waals surface area contributed by atoms with E-state index in [1.54, 1.807) is 37.8 Å². The topological polar surface area (TPSA) is 183 Å². The van der Waals surface area contributed by atoms with E-state index in [0.29, 0.717) is 17.0 Å². The number of hydrogen-bond donors (Lipinski definition) is 5. The highest BCUT2D eigenvalue weighted by atomic mass is 16.5. The zero-order valence-electron chi connectivity index (χ0n) is 24.2. The van der Waals surface area contributed by atoms with Crippen LogP contribution in [0, 0.1) is 0 Å². The number of nitrogens with one attached hydrogen (secondary N) is 1. The molecule has 0 spiro atoms. The van der Waals surface area contributed by atoms with Crippen molar-refractivity contribution in [3.8, 4) is 5.75 Å². The normalized spacial score (nSPS) is 18.0. The maximum Gasteiger partial charge on any atom is 0.325 e. The minimum atomic E-state index is -1.17. The molecule has 0 bridgehead atoms. The molecule has 1 saturated heterocycles. The lowest BCUT2D eigenvalue weighted by Crippen LogP contribution is -2.49. The molecule has 0 aromatic heterocycles. The third-order valence-corrected chi connectivity index (χ3v) is 6.59. The van der Waals surface area contributed by atoms with Gasteiger partial charge >= 0.3 is 23.9 Å². The van der Waals surface area contributed by atoms with Gasteiger partial charge in [0, 0.05) is 69.1 Å². The number of aliphatic carboxylic acids is 4. The maximum atomic E-state index is 12.8. The summed E-state index contributed by atoms with van der Waals surface area (Å²) in [7, 11) is 1.46. The highest BCUT2D eigenvalue weighted by Crippen LogP contribution is 2.33. The molecule has 0 amide bonds. The summed E-state index contributed by atoms with van der Waals surface area (Å²) in [6, 6.07) is 4.05. The van der Waals surface area contributed by atoms with E-state index in [2.05, 4.69) is 5.32 Å². The smallest absolute Gasteiger partial charge is 0.325 e. The number of rotatable bonds is 11. The number of hydrogen-bond acceptors (Lipinski definition) is 10. The molecule has 230 valence electrons. The van der Waals surface area contributed by atoms with Crippen LogP contribution in [0.15, 0.2) is 18.2 Å². The number of nitrogens with zero attached hydrogens (tertiary/aromatic N) is 4. The third kappa shape index (κ3) is 11.9. The summed E-state index contributed by atoms with van der Waals surface area (Å²) in [4.78, 5) is 54.0. The Balaban J connectivity index is 2.49. The van der Waals surface area contributed by atoms with E-state index >= 15 is 0 Å². The Bertz CT molecular complexity index is 1030. The summed E-state index contributed by atoms with van der Waals surface area (Å²) in [5.41, 5.74) is 0.817. The van der Waals surface area contributed by atoms with Crippen LogP contribution in [0.1, 0.15) is 32.4 Å². The summed E-state index contributed by atoms with van der Waals surface area (Å²) < 4.78 is 5.53. The highest BCUT2D eigenvalue weighted by Gasteiger charge is 2.32. The Morgan fingerprint density at radius 1 is 0.780 bits per heavy atom. The van der Waals surface area contributed by atoms with E-state index in [1.807, 2.05) is 20.8 Å². The van der Waals surface area contributed by atoms with Gasteiger partial charge in [-0.3, -0.25) is 38.8 Å². The SMILES string of the molecule is COc1ccc(NC(C)(C)C)cc1C(C(=O)O)N1CCN(CC(=O)O)CCN(CC(=O)O)CCN(CC(=O)O)CC1. The summed E-state index contributed by atoms with van der Waals surface area (Å²) in [6.45, 7) is 6.73. The van der Waals surface area contributed by atoms with Gasteiger partial charge in [-0.25, -0.2) is 0 Å². The average Bonchev–Trinajstić information content (AvgIpc) is 2.83. The Hall–Kier alpha value is -3.46. The second-order valence-corrected chi connectivity index (χ2v) is 11.1. The lowest BCUT2D eigenvalue weighted by molar-refractivity contribution is -0.145. The van der Waals surface area contributed by atoms with Crippen LogP contribution in [0.25, 0.3) is 0 Å². The van der Waals surface area contributed by atoms with Gasteiger partial charge in [-0.05, 0) is 39.0 Å². The number of methoxy groups -OCH3 is 1. The molecular weight excluding hydrogens is 538 g/mol. The van der Waals surface area contributed by atoms with Crippen molar-refractivity contribution in [2.24, 2.45) is 0 Å². The third-order valence-electron chi connectivity index (χ3n) is 6.59. The summed E-state index contributed by atoms with van der Waals surface area (Å²) in [5, 5.41) is 42.1. The Labute approximate surface area is 240 Å². The molecule has 41 heavy (non-hydrogen) atoms. The van der Waals surface area contributed by atoms with Crippen LogP contribution in [-0.2, 0) is 19.2 Å². The molecule has 1 atom stereocenters. The van der Waals surface area contributed by atoms with Gasteiger partial charge in [-0.15, -0.1) is 0 Å². The van der Waals surface area contributed by atoms with Gasteiger partial charge in [0.15, 0.2) is 0 Å². The predicted molar refractivity (Wildman–Crippen MR) is 151 cm³/mol. The first-order valence-corrected chi connectivity index (χ1v) is 13.4. The molecule has 5 N–H and O–H groups in total. The lowest BCUT2D eigenvalue weighted by Gasteiger charge is -2.36. The summed E-state index contributed by atoms with van der Waals surface area (Å²) >= 11 is 0. The van der Waals surface area contributed by atoms with Crippen LogP contribution in [0.3, 0.4) is 0 Å². The molecule has 0 aliphatic carbocycles. The summed E-state index contributed by atoms with van der Waals surface area (Å²) in [5.74, 6) is -3.92. The van der Waals surface area contributed by atoms with Crippen molar-refractivity contribution in [3.63, 3.8) is 0 Å². The van der Waals surface area contributed by atoms with Gasteiger partial charge < -0.3 is 30.5 Å². The second-order valence-electron chi connectivity index (χ2n) is 11.1. The van der Waals surface area contributed by atoms with E-state index in [-0.39, 0.29) is 77.5 Å². The highest BCUT2D eigenvalue weighted by molar-refractivity contribution is 5.77. The van der Waals surface area contributed by atoms with Crippen LogP contribution >= 0.6 is 0 Å². The molecule has 14 nitrogen and oxygen atoms in total. The average molecular weight is 582 g/mol. The number of benzene rings is 1. The Morgan fingerprint density at radius 2 is 1.20 bits per heavy atom. The van der Waals surface area contributed by atoms with Crippen molar-refractivity contribution in [1.82, 2.24) is 19.6 Å². The van der Waals surface area contributed by atoms with Crippen LogP contribution in [0.5, 0.6) is 5.75 Å². The zero-order valence-corrected chi connectivity index (χ0v) is 24.2. The molecule has 1 aliphatic heterocycles. The molecule has 0 radical (unpaired) electrons. The monoisotopic (exact) mass is 581 g/mol. The first-order chi connectivity index (χ1) is 19.2. The summed E-state index contributed by atoms with van der Waals surface area (Å²) in [6.07, 6.45) is 0. The molecule has 2 rings (SSSR count). The Kier molecular flexibility index (Phi) is 12.8. The first kappa shape index (κ1) is 33.7. The van der Waals surface area contributed by atoms with Crippen molar-refractivity contribution < 1.29 is 44.3 Å². The fourth-order valence-electron chi connectivity index (χ4n) is 4.80. The Morgan fingerprint density at radius 3 is 1.54 bits per heavy atom. The minimum absolute atomic E-state index is 0.157. The van der Waals surface area contributed by atoms with Crippen molar-refractivity contribution in [3.05, 3.63) is 23.8 Å². The standard InChI is InChI=1S/C27H43N5O9/c1-27(2,3)28-19-5-6-21(41-4)20(15-19)25(26(39)40)32-13-11-30(17-23(35)36)9-7-29(16-22(33)34)8-10-31(12-14-32)18-24(37)38/h5-6,15,25,28H,7-14,16-18H2,1-4H3,(H,33,34)(H,35,36)(H,37,38)(H,39,40). The molecule has 1 aromatic rings. The number of carboxylic acid groups (broad SMARTS) is 4. The molecule has 1 unspecified atom stereocenters. The molecule has 14 heteroatoms. The van der Waals surface area contributed by atoms with Crippen LogP contribution < -0.4 is 10.1 Å². The fourth-order valence-corrected chi connectivity index (χ4v) is 4.80. The molecule has 1 aromatic carbocycles.